The Labute approximate surface area is 159 Å². The maximum Gasteiger partial charge on any atom is 0.409 e. The number of ether oxygens (including phenoxy) is 1. The van der Waals surface area contributed by atoms with E-state index in [4.69, 9.17) is 4.74 Å². The van der Waals surface area contributed by atoms with E-state index in [1.54, 1.807) is 0 Å². The van der Waals surface area contributed by atoms with Crippen molar-refractivity contribution in [1.82, 2.24) is 24.9 Å². The topological polar surface area (TPSA) is 79.7 Å². The molecule has 2 aliphatic heterocycles. The highest BCUT2D eigenvalue weighted by Gasteiger charge is 2.33. The first kappa shape index (κ1) is 18.3. The molecule has 8 heteroatoms. The molecule has 2 amide bonds. The van der Waals surface area contributed by atoms with Gasteiger partial charge >= 0.3 is 6.09 Å². The van der Waals surface area contributed by atoms with Gasteiger partial charge in [0.25, 0.3) is 0 Å². The standard InChI is InChI=1S/C19H29N5O3/c1-2-27-19(26)23-7-6-16(12-23)22-8-9-24-17(13-22)10-15(21-24)11-20-18(25)14-4-3-5-14/h10,14,16H,2-9,11-13H2,1H3,(H,20,25). The van der Waals surface area contributed by atoms with Crippen molar-refractivity contribution in [3.8, 4) is 0 Å². The van der Waals surface area contributed by atoms with Gasteiger partial charge in [-0.05, 0) is 32.3 Å². The van der Waals surface area contributed by atoms with Crippen LogP contribution in [-0.4, -0.2) is 63.9 Å². The highest BCUT2D eigenvalue weighted by molar-refractivity contribution is 5.79. The normalized spacial score (nSPS) is 23.0. The molecule has 1 unspecified atom stereocenters. The van der Waals surface area contributed by atoms with E-state index in [0.29, 0.717) is 19.2 Å². The molecular formula is C19H29N5O3. The highest BCUT2D eigenvalue weighted by atomic mass is 16.6. The van der Waals surface area contributed by atoms with Crippen molar-refractivity contribution in [1.29, 1.82) is 0 Å². The lowest BCUT2D eigenvalue weighted by molar-refractivity contribution is -0.127. The molecule has 0 aromatic carbocycles. The van der Waals surface area contributed by atoms with Gasteiger partial charge in [-0.3, -0.25) is 14.4 Å². The Morgan fingerprint density at radius 1 is 1.26 bits per heavy atom. The van der Waals surface area contributed by atoms with Gasteiger partial charge in [-0.25, -0.2) is 4.79 Å². The van der Waals surface area contributed by atoms with Crippen molar-refractivity contribution >= 4 is 12.0 Å². The van der Waals surface area contributed by atoms with Crippen LogP contribution in [0.1, 0.15) is 44.0 Å². The van der Waals surface area contributed by atoms with Crippen LogP contribution in [0.4, 0.5) is 4.79 Å². The quantitative estimate of drug-likeness (QED) is 0.840. The average Bonchev–Trinajstić information content (AvgIpc) is 3.24. The number of nitrogens with zero attached hydrogens (tertiary/aromatic N) is 4. The third-order valence-electron chi connectivity index (χ3n) is 6.00. The number of hydrogen-bond acceptors (Lipinski definition) is 5. The summed E-state index contributed by atoms with van der Waals surface area (Å²) in [5, 5.41) is 7.67. The summed E-state index contributed by atoms with van der Waals surface area (Å²) in [7, 11) is 0. The van der Waals surface area contributed by atoms with E-state index in [1.807, 2.05) is 11.8 Å². The molecule has 3 heterocycles. The molecule has 1 aromatic heterocycles. The summed E-state index contributed by atoms with van der Waals surface area (Å²) in [5.41, 5.74) is 2.11. The summed E-state index contributed by atoms with van der Waals surface area (Å²) in [6.45, 7) is 6.88. The Kier molecular flexibility index (Phi) is 5.33. The molecule has 0 spiro atoms. The molecule has 8 nitrogen and oxygen atoms in total. The second kappa shape index (κ2) is 7.88. The minimum absolute atomic E-state index is 0.166. The van der Waals surface area contributed by atoms with Crippen LogP contribution >= 0.6 is 0 Å². The van der Waals surface area contributed by atoms with Crippen molar-refractivity contribution in [3.05, 3.63) is 17.5 Å². The molecule has 4 rings (SSSR count). The van der Waals surface area contributed by atoms with E-state index in [0.717, 1.165) is 57.7 Å². The zero-order valence-electron chi connectivity index (χ0n) is 16.0. The average molecular weight is 375 g/mol. The van der Waals surface area contributed by atoms with Crippen molar-refractivity contribution in [3.63, 3.8) is 0 Å². The van der Waals surface area contributed by atoms with Gasteiger partial charge in [0.2, 0.25) is 5.91 Å². The third kappa shape index (κ3) is 3.95. The van der Waals surface area contributed by atoms with Crippen molar-refractivity contribution in [2.75, 3.05) is 26.2 Å². The van der Waals surface area contributed by atoms with Gasteiger partial charge in [-0.2, -0.15) is 5.10 Å². The van der Waals surface area contributed by atoms with Gasteiger partial charge in [-0.15, -0.1) is 0 Å². The number of carbonyl (C=O) groups is 2. The van der Waals surface area contributed by atoms with Crippen LogP contribution < -0.4 is 5.32 Å². The lowest BCUT2D eigenvalue weighted by atomic mass is 9.85. The fourth-order valence-electron chi connectivity index (χ4n) is 4.16. The fourth-order valence-corrected chi connectivity index (χ4v) is 4.16. The van der Waals surface area contributed by atoms with E-state index >= 15 is 0 Å². The SMILES string of the molecule is CCOC(=O)N1CCC(N2CCn3nc(CNC(=O)C4CCC4)cc3C2)C1. The van der Waals surface area contributed by atoms with Crippen LogP contribution in [0.15, 0.2) is 6.07 Å². The molecule has 1 N–H and O–H groups in total. The summed E-state index contributed by atoms with van der Waals surface area (Å²) in [6.07, 6.45) is 3.99. The number of aromatic nitrogens is 2. The minimum atomic E-state index is -0.202. The van der Waals surface area contributed by atoms with Crippen LogP contribution in [-0.2, 0) is 29.2 Å². The largest absolute Gasteiger partial charge is 0.450 e. The van der Waals surface area contributed by atoms with Crippen LogP contribution in [0.25, 0.3) is 0 Å². The predicted molar refractivity (Wildman–Crippen MR) is 98.8 cm³/mol. The third-order valence-corrected chi connectivity index (χ3v) is 6.00. The molecule has 1 aliphatic carbocycles. The summed E-state index contributed by atoms with van der Waals surface area (Å²) in [6, 6.07) is 2.48. The molecule has 1 saturated carbocycles. The number of likely N-dealkylation sites (tertiary alicyclic amines) is 1. The number of amides is 2. The van der Waals surface area contributed by atoms with Crippen LogP contribution in [0.5, 0.6) is 0 Å². The van der Waals surface area contributed by atoms with Gasteiger partial charge in [0.15, 0.2) is 0 Å². The Bertz CT molecular complexity index is 700. The number of carbonyl (C=O) groups excluding carboxylic acids is 2. The molecular weight excluding hydrogens is 346 g/mol. The first-order valence-electron chi connectivity index (χ1n) is 10.1. The molecule has 148 valence electrons. The molecule has 0 bridgehead atoms. The maximum atomic E-state index is 12.0. The first-order chi connectivity index (χ1) is 13.1. The first-order valence-corrected chi connectivity index (χ1v) is 10.1. The van der Waals surface area contributed by atoms with Gasteiger partial charge in [-0.1, -0.05) is 6.42 Å². The molecule has 1 saturated heterocycles. The van der Waals surface area contributed by atoms with E-state index in [2.05, 4.69) is 26.1 Å². The molecule has 27 heavy (non-hydrogen) atoms. The molecule has 1 atom stereocenters. The van der Waals surface area contributed by atoms with E-state index in [9.17, 15) is 9.59 Å². The summed E-state index contributed by atoms with van der Waals surface area (Å²) >= 11 is 0. The minimum Gasteiger partial charge on any atom is -0.450 e. The number of nitrogens with one attached hydrogen (secondary N) is 1. The van der Waals surface area contributed by atoms with E-state index in [-0.39, 0.29) is 17.9 Å². The van der Waals surface area contributed by atoms with Gasteiger partial charge in [0.1, 0.15) is 0 Å². The lowest BCUT2D eigenvalue weighted by Gasteiger charge is -2.32. The van der Waals surface area contributed by atoms with Gasteiger partial charge in [0.05, 0.1) is 31.1 Å². The zero-order valence-corrected chi connectivity index (χ0v) is 16.0. The second-order valence-electron chi connectivity index (χ2n) is 7.75. The number of rotatable bonds is 5. The van der Waals surface area contributed by atoms with E-state index < -0.39 is 0 Å². The summed E-state index contributed by atoms with van der Waals surface area (Å²) in [4.78, 5) is 28.2. The van der Waals surface area contributed by atoms with Crippen LogP contribution in [0.2, 0.25) is 0 Å². The second-order valence-corrected chi connectivity index (χ2v) is 7.75. The van der Waals surface area contributed by atoms with Gasteiger partial charge in [0, 0.05) is 38.1 Å². The summed E-state index contributed by atoms with van der Waals surface area (Å²) in [5.74, 6) is 0.376. The molecule has 3 aliphatic rings. The fraction of sp³-hybridized carbons (Fsp3) is 0.737. The lowest BCUT2D eigenvalue weighted by Crippen LogP contribution is -2.43. The van der Waals surface area contributed by atoms with Crippen molar-refractivity contribution < 1.29 is 14.3 Å². The Morgan fingerprint density at radius 3 is 2.85 bits per heavy atom. The van der Waals surface area contributed by atoms with Crippen LogP contribution in [0.3, 0.4) is 0 Å². The van der Waals surface area contributed by atoms with Crippen LogP contribution in [0, 0.1) is 5.92 Å². The molecule has 2 fully saturated rings. The Hall–Kier alpha value is -2.09. The Morgan fingerprint density at radius 2 is 2.11 bits per heavy atom. The van der Waals surface area contributed by atoms with E-state index in [1.165, 1.54) is 12.1 Å². The van der Waals surface area contributed by atoms with Crippen molar-refractivity contribution in [2.45, 2.75) is 58.3 Å². The molecule has 1 aromatic rings. The zero-order chi connectivity index (χ0) is 18.8. The summed E-state index contributed by atoms with van der Waals surface area (Å²) < 4.78 is 7.17. The Balaban J connectivity index is 1.30. The molecule has 0 radical (unpaired) electrons. The van der Waals surface area contributed by atoms with Gasteiger partial charge < -0.3 is 15.0 Å². The highest BCUT2D eigenvalue weighted by Crippen LogP contribution is 2.26. The predicted octanol–water partition coefficient (Wildman–Crippen LogP) is 1.35. The number of fused-ring (bicyclic) bond motifs is 1. The monoisotopic (exact) mass is 375 g/mol. The smallest absolute Gasteiger partial charge is 0.409 e. The number of hydrogen-bond donors (Lipinski definition) is 1. The maximum absolute atomic E-state index is 12.0. The van der Waals surface area contributed by atoms with Crippen molar-refractivity contribution in [2.24, 2.45) is 5.92 Å².